The van der Waals surface area contributed by atoms with Crippen molar-refractivity contribution in [3.05, 3.63) is 0 Å². The smallest absolute Gasteiger partial charge is 0.364 e. The fourth-order valence-corrected chi connectivity index (χ4v) is 0.353. The molecule has 0 saturated heterocycles. The van der Waals surface area contributed by atoms with Crippen molar-refractivity contribution < 1.29 is 40.3 Å². The van der Waals surface area contributed by atoms with Crippen molar-refractivity contribution >= 4 is 5.91 Å². The molecule has 2 N–H and O–H groups in total. The third-order valence-electron chi connectivity index (χ3n) is 0.919. The summed E-state index contributed by atoms with van der Waals surface area (Å²) >= 11 is 0. The molecule has 0 aromatic rings. The maximum absolute atomic E-state index is 12.0. The molecular weight excluding hydrogens is 227 g/mol. The Balaban J connectivity index is 4.87. The Labute approximate surface area is 71.6 Å². The van der Waals surface area contributed by atoms with E-state index in [0.717, 1.165) is 0 Å². The lowest BCUT2D eigenvalue weighted by Gasteiger charge is -2.23. The van der Waals surface area contributed by atoms with Gasteiger partial charge in [0.05, 0.1) is 0 Å². The summed E-state index contributed by atoms with van der Waals surface area (Å²) in [5.74, 6) is -8.66. The molecule has 0 rings (SSSR count). The van der Waals surface area contributed by atoms with Gasteiger partial charge in [0.25, 0.3) is 5.91 Å². The molecule has 0 atom stereocenters. The van der Waals surface area contributed by atoms with Gasteiger partial charge in [0.1, 0.15) is 0 Å². The maximum atomic E-state index is 12.0. The molecule has 1 amide bonds. The van der Waals surface area contributed by atoms with Gasteiger partial charge in [-0.15, -0.1) is 13.2 Å². The van der Waals surface area contributed by atoms with E-state index < -0.39 is 24.3 Å². The molecule has 0 aliphatic rings. The van der Waals surface area contributed by atoms with Crippen LogP contribution in [0.1, 0.15) is 0 Å². The molecule has 3 nitrogen and oxygen atoms in total. The van der Waals surface area contributed by atoms with E-state index >= 15 is 0 Å². The van der Waals surface area contributed by atoms with E-state index in [1.54, 1.807) is 4.74 Å². The first-order valence-electron chi connectivity index (χ1n) is 2.72. The number of amides is 1. The Morgan fingerprint density at radius 1 is 1.00 bits per heavy atom. The third kappa shape index (κ3) is 2.72. The van der Waals surface area contributed by atoms with E-state index in [1.807, 2.05) is 0 Å². The van der Waals surface area contributed by atoms with Gasteiger partial charge in [-0.1, -0.05) is 0 Å². The summed E-state index contributed by atoms with van der Waals surface area (Å²) in [6.45, 7) is 0. The molecule has 0 saturated carbocycles. The number of rotatable bonds is 3. The lowest BCUT2D eigenvalue weighted by atomic mass is 10.3. The average Bonchev–Trinajstić information content (AvgIpc) is 1.80. The van der Waals surface area contributed by atoms with E-state index in [2.05, 4.69) is 5.73 Å². The quantitative estimate of drug-likeness (QED) is 0.740. The number of halogens is 7. The fourth-order valence-electron chi connectivity index (χ4n) is 0.353. The molecule has 0 bridgehead atoms. The summed E-state index contributed by atoms with van der Waals surface area (Å²) in [6.07, 6.45) is -12.0. The summed E-state index contributed by atoms with van der Waals surface area (Å²) < 4.78 is 83.2. The molecule has 84 valence electrons. The third-order valence-corrected chi connectivity index (χ3v) is 0.919. The number of nitrogens with two attached hydrogens (primary N) is 1. The van der Waals surface area contributed by atoms with Crippen molar-refractivity contribution in [1.29, 1.82) is 0 Å². The zero-order chi connectivity index (χ0) is 11.8. The van der Waals surface area contributed by atoms with Crippen LogP contribution in [0.15, 0.2) is 0 Å². The number of alkyl halides is 7. The molecule has 0 spiro atoms. The van der Waals surface area contributed by atoms with Crippen LogP contribution in [0.25, 0.3) is 0 Å². The van der Waals surface area contributed by atoms with Crippen LogP contribution in [-0.2, 0) is 9.53 Å². The first kappa shape index (κ1) is 12.9. The van der Waals surface area contributed by atoms with Crippen LogP contribution in [0.3, 0.4) is 0 Å². The first-order chi connectivity index (χ1) is 5.90. The SMILES string of the molecule is NC(=O)C(F)(F)C(F)(F)OC(F)(F)F. The number of ether oxygens (including phenoxy) is 1. The van der Waals surface area contributed by atoms with Gasteiger partial charge in [-0.25, -0.2) is 4.74 Å². The maximum Gasteiger partial charge on any atom is 0.527 e. The van der Waals surface area contributed by atoms with Gasteiger partial charge in [0.2, 0.25) is 0 Å². The van der Waals surface area contributed by atoms with Gasteiger partial charge in [0, 0.05) is 0 Å². The second-order valence-electron chi connectivity index (χ2n) is 2.00. The zero-order valence-corrected chi connectivity index (χ0v) is 6.04. The van der Waals surface area contributed by atoms with Gasteiger partial charge in [0.15, 0.2) is 0 Å². The lowest BCUT2D eigenvalue weighted by Crippen LogP contribution is -2.53. The van der Waals surface area contributed by atoms with Gasteiger partial charge in [-0.3, -0.25) is 4.79 Å². The Morgan fingerprint density at radius 2 is 1.36 bits per heavy atom. The lowest BCUT2D eigenvalue weighted by molar-refractivity contribution is -0.457. The predicted molar refractivity (Wildman–Crippen MR) is 26.2 cm³/mol. The van der Waals surface area contributed by atoms with Crippen LogP contribution < -0.4 is 5.73 Å². The summed E-state index contributed by atoms with van der Waals surface area (Å²) in [5.41, 5.74) is 3.76. The van der Waals surface area contributed by atoms with Gasteiger partial charge >= 0.3 is 18.4 Å². The van der Waals surface area contributed by atoms with Crippen molar-refractivity contribution in [2.75, 3.05) is 0 Å². The Kier molecular flexibility index (Phi) is 3.01. The molecule has 0 radical (unpaired) electrons. The largest absolute Gasteiger partial charge is 0.527 e. The van der Waals surface area contributed by atoms with Crippen LogP contribution in [0.2, 0.25) is 0 Å². The first-order valence-corrected chi connectivity index (χ1v) is 2.72. The molecule has 0 unspecified atom stereocenters. The highest BCUT2D eigenvalue weighted by Gasteiger charge is 2.66. The Hall–Kier alpha value is -1.06. The Bertz CT molecular complexity index is 234. The van der Waals surface area contributed by atoms with E-state index in [4.69, 9.17) is 0 Å². The standard InChI is InChI=1S/C4H2F7NO2/c5-2(6,1(12)13)3(7,8)14-4(9,10)11/h(H2,12,13). The number of hydrogen-bond donors (Lipinski definition) is 1. The molecule has 10 heteroatoms. The highest BCUT2D eigenvalue weighted by Crippen LogP contribution is 2.39. The van der Waals surface area contributed by atoms with Crippen molar-refractivity contribution in [3.8, 4) is 0 Å². The minimum atomic E-state index is -6.03. The molecule has 0 fully saturated rings. The fraction of sp³-hybridized carbons (Fsp3) is 0.750. The minimum absolute atomic E-state index is 1.77. The highest BCUT2D eigenvalue weighted by atomic mass is 19.4. The Morgan fingerprint density at radius 3 is 1.57 bits per heavy atom. The van der Waals surface area contributed by atoms with Crippen LogP contribution >= 0.6 is 0 Å². The van der Waals surface area contributed by atoms with E-state index in [9.17, 15) is 35.5 Å². The molecule has 0 aromatic carbocycles. The summed E-state index contributed by atoms with van der Waals surface area (Å²) in [7, 11) is 0. The molecule has 0 heterocycles. The van der Waals surface area contributed by atoms with Crippen molar-refractivity contribution in [2.24, 2.45) is 5.73 Å². The van der Waals surface area contributed by atoms with Crippen LogP contribution in [0, 0.1) is 0 Å². The van der Waals surface area contributed by atoms with E-state index in [0.29, 0.717) is 0 Å². The molecule has 0 aliphatic carbocycles. The molecular formula is C4H2F7NO2. The zero-order valence-electron chi connectivity index (χ0n) is 6.04. The molecule has 0 aliphatic heterocycles. The highest BCUT2D eigenvalue weighted by molar-refractivity contribution is 5.82. The minimum Gasteiger partial charge on any atom is -0.364 e. The normalized spacial score (nSPS) is 14.2. The second-order valence-corrected chi connectivity index (χ2v) is 2.00. The van der Waals surface area contributed by atoms with Gasteiger partial charge < -0.3 is 5.73 Å². The summed E-state index contributed by atoms with van der Waals surface area (Å²) in [6, 6.07) is 0. The number of hydrogen-bond acceptors (Lipinski definition) is 2. The summed E-state index contributed by atoms with van der Waals surface area (Å²) in [4.78, 5) is 9.70. The van der Waals surface area contributed by atoms with Crippen LogP contribution in [0.4, 0.5) is 30.7 Å². The van der Waals surface area contributed by atoms with E-state index in [1.165, 1.54) is 0 Å². The number of carbonyl (C=O) groups excluding carboxylic acids is 1. The summed E-state index contributed by atoms with van der Waals surface area (Å²) in [5, 5.41) is 0. The topological polar surface area (TPSA) is 52.3 Å². The van der Waals surface area contributed by atoms with E-state index in [-0.39, 0.29) is 0 Å². The average molecular weight is 229 g/mol. The van der Waals surface area contributed by atoms with Gasteiger partial charge in [-0.2, -0.15) is 17.6 Å². The number of primary amides is 1. The van der Waals surface area contributed by atoms with Crippen molar-refractivity contribution in [2.45, 2.75) is 18.4 Å². The predicted octanol–water partition coefficient (Wildman–Crippen LogP) is 1.24. The van der Waals surface area contributed by atoms with Crippen LogP contribution in [-0.4, -0.2) is 24.3 Å². The van der Waals surface area contributed by atoms with Gasteiger partial charge in [-0.05, 0) is 0 Å². The van der Waals surface area contributed by atoms with Crippen molar-refractivity contribution in [1.82, 2.24) is 0 Å². The molecule has 14 heavy (non-hydrogen) atoms. The number of carbonyl (C=O) groups is 1. The second kappa shape index (κ2) is 3.26. The van der Waals surface area contributed by atoms with Crippen LogP contribution in [0.5, 0.6) is 0 Å². The van der Waals surface area contributed by atoms with Crippen molar-refractivity contribution in [3.63, 3.8) is 0 Å². The monoisotopic (exact) mass is 229 g/mol. The molecule has 0 aromatic heterocycles.